The lowest BCUT2D eigenvalue weighted by molar-refractivity contribution is 0.510. The number of piperazine rings is 1. The molecule has 7 heteroatoms. The second-order valence-corrected chi connectivity index (χ2v) is 7.89. The van der Waals surface area contributed by atoms with Crippen LogP contribution in [-0.2, 0) is 0 Å². The van der Waals surface area contributed by atoms with Gasteiger partial charge in [-0.1, -0.05) is 12.8 Å². The molecule has 7 nitrogen and oxygen atoms in total. The minimum Gasteiger partial charge on any atom is -0.369 e. The van der Waals surface area contributed by atoms with Crippen LogP contribution in [0, 0.1) is 0 Å². The predicted octanol–water partition coefficient (Wildman–Crippen LogP) is 3.06. The third-order valence-electron chi connectivity index (χ3n) is 6.00. The van der Waals surface area contributed by atoms with Crippen molar-refractivity contribution in [3.8, 4) is 0 Å². The number of nitrogens with one attached hydrogen (secondary N) is 2. The summed E-state index contributed by atoms with van der Waals surface area (Å²) in [6.45, 7) is 4.12. The number of hydrogen-bond donors (Lipinski definition) is 2. The van der Waals surface area contributed by atoms with Crippen molar-refractivity contribution in [1.29, 1.82) is 0 Å². The van der Waals surface area contributed by atoms with Gasteiger partial charge in [0.05, 0.1) is 5.52 Å². The maximum atomic E-state index is 12.5. The molecule has 1 saturated heterocycles. The SMILES string of the molecule is O=c1ncc2cnc(Nc3ccc(N4CCNCC4)cc3)cc2n1C1CCCC1. The van der Waals surface area contributed by atoms with E-state index in [0.29, 0.717) is 0 Å². The van der Waals surface area contributed by atoms with Gasteiger partial charge in [0.1, 0.15) is 5.82 Å². The molecule has 0 bridgehead atoms. The van der Waals surface area contributed by atoms with Crippen molar-refractivity contribution in [3.63, 3.8) is 0 Å². The molecule has 0 amide bonds. The molecule has 1 aliphatic carbocycles. The molecule has 5 rings (SSSR count). The first-order valence-corrected chi connectivity index (χ1v) is 10.5. The van der Waals surface area contributed by atoms with E-state index in [4.69, 9.17) is 0 Å². The van der Waals surface area contributed by atoms with Gasteiger partial charge in [0.25, 0.3) is 0 Å². The van der Waals surface area contributed by atoms with Gasteiger partial charge in [-0.2, -0.15) is 0 Å². The van der Waals surface area contributed by atoms with Crippen LogP contribution in [0.25, 0.3) is 10.9 Å². The Bertz CT molecular complexity index is 1050. The first kappa shape index (κ1) is 18.1. The summed E-state index contributed by atoms with van der Waals surface area (Å²) >= 11 is 0. The van der Waals surface area contributed by atoms with E-state index in [2.05, 4.69) is 49.8 Å². The number of hydrogen-bond acceptors (Lipinski definition) is 6. The first-order valence-electron chi connectivity index (χ1n) is 10.5. The topological polar surface area (TPSA) is 75.1 Å². The molecule has 0 spiro atoms. The molecule has 1 aliphatic heterocycles. The molecule has 29 heavy (non-hydrogen) atoms. The molecule has 1 aromatic carbocycles. The maximum absolute atomic E-state index is 12.5. The molecule has 2 aromatic heterocycles. The Balaban J connectivity index is 1.41. The fraction of sp³-hybridized carbons (Fsp3) is 0.409. The number of aromatic nitrogens is 3. The summed E-state index contributed by atoms with van der Waals surface area (Å²) in [5, 5.41) is 7.67. The van der Waals surface area contributed by atoms with Crippen LogP contribution < -0.4 is 21.2 Å². The molecule has 0 radical (unpaired) electrons. The number of anilines is 3. The van der Waals surface area contributed by atoms with E-state index in [1.807, 2.05) is 10.6 Å². The molecule has 2 aliphatic rings. The van der Waals surface area contributed by atoms with Crippen molar-refractivity contribution < 1.29 is 0 Å². The van der Waals surface area contributed by atoms with E-state index in [1.54, 1.807) is 12.4 Å². The van der Waals surface area contributed by atoms with E-state index >= 15 is 0 Å². The number of nitrogens with zero attached hydrogens (tertiary/aromatic N) is 4. The first-order chi connectivity index (χ1) is 14.3. The fourth-order valence-electron chi connectivity index (χ4n) is 4.46. The van der Waals surface area contributed by atoms with Gasteiger partial charge < -0.3 is 15.5 Å². The van der Waals surface area contributed by atoms with E-state index in [1.165, 1.54) is 18.5 Å². The summed E-state index contributed by atoms with van der Waals surface area (Å²) in [7, 11) is 0. The number of fused-ring (bicyclic) bond motifs is 1. The van der Waals surface area contributed by atoms with Crippen LogP contribution in [0.3, 0.4) is 0 Å². The van der Waals surface area contributed by atoms with Gasteiger partial charge in [-0.25, -0.2) is 14.8 Å². The smallest absolute Gasteiger partial charge is 0.348 e. The predicted molar refractivity (Wildman–Crippen MR) is 116 cm³/mol. The molecule has 0 unspecified atom stereocenters. The average molecular weight is 390 g/mol. The third kappa shape index (κ3) is 3.70. The highest BCUT2D eigenvalue weighted by Crippen LogP contribution is 2.31. The lowest BCUT2D eigenvalue weighted by Gasteiger charge is -2.29. The molecule has 2 N–H and O–H groups in total. The number of pyridine rings is 1. The number of benzene rings is 1. The third-order valence-corrected chi connectivity index (χ3v) is 6.00. The highest BCUT2D eigenvalue weighted by atomic mass is 16.1. The van der Waals surface area contributed by atoms with Gasteiger partial charge in [-0.15, -0.1) is 0 Å². The normalized spacial score (nSPS) is 17.7. The average Bonchev–Trinajstić information content (AvgIpc) is 3.29. The molecule has 150 valence electrons. The van der Waals surface area contributed by atoms with Crippen LogP contribution in [0.5, 0.6) is 0 Å². The van der Waals surface area contributed by atoms with Crippen LogP contribution in [0.4, 0.5) is 17.2 Å². The minimum absolute atomic E-state index is 0.165. The standard InChI is InChI=1S/C22H26N6O/c29-22-25-15-16-14-24-21(13-20(16)28(22)19-3-1-2-4-19)26-17-5-7-18(8-6-17)27-11-9-23-10-12-27/h5-8,13-15,19,23H,1-4,9-12H2,(H,24,26). The molecule has 0 atom stereocenters. The lowest BCUT2D eigenvalue weighted by Crippen LogP contribution is -2.43. The monoisotopic (exact) mass is 390 g/mol. The van der Waals surface area contributed by atoms with Gasteiger partial charge in [0, 0.05) is 67.4 Å². The molecule has 1 saturated carbocycles. The summed E-state index contributed by atoms with van der Waals surface area (Å²) in [6.07, 6.45) is 7.84. The summed E-state index contributed by atoms with van der Waals surface area (Å²) in [5.41, 5.74) is 2.97. The lowest BCUT2D eigenvalue weighted by atomic mass is 10.2. The van der Waals surface area contributed by atoms with Crippen LogP contribution in [0.2, 0.25) is 0 Å². The van der Waals surface area contributed by atoms with Crippen molar-refractivity contribution in [1.82, 2.24) is 19.9 Å². The zero-order chi connectivity index (χ0) is 19.6. The van der Waals surface area contributed by atoms with E-state index < -0.39 is 0 Å². The largest absolute Gasteiger partial charge is 0.369 e. The molecule has 2 fully saturated rings. The Morgan fingerprint density at radius 3 is 2.48 bits per heavy atom. The molecule has 3 heterocycles. The van der Waals surface area contributed by atoms with Crippen molar-refractivity contribution in [2.75, 3.05) is 36.4 Å². The fourth-order valence-corrected chi connectivity index (χ4v) is 4.46. The maximum Gasteiger partial charge on any atom is 0.348 e. The quantitative estimate of drug-likeness (QED) is 0.713. The Morgan fingerprint density at radius 2 is 1.72 bits per heavy atom. The number of rotatable bonds is 4. The van der Waals surface area contributed by atoms with Crippen molar-refractivity contribution in [3.05, 3.63) is 53.2 Å². The van der Waals surface area contributed by atoms with Gasteiger partial charge in [-0.05, 0) is 37.1 Å². The Labute approximate surface area is 169 Å². The minimum atomic E-state index is -0.165. The Morgan fingerprint density at radius 1 is 1.00 bits per heavy atom. The van der Waals surface area contributed by atoms with Gasteiger partial charge in [0.2, 0.25) is 0 Å². The summed E-state index contributed by atoms with van der Waals surface area (Å²) in [5.74, 6) is 0.741. The van der Waals surface area contributed by atoms with Crippen molar-refractivity contribution in [2.45, 2.75) is 31.7 Å². The summed E-state index contributed by atoms with van der Waals surface area (Å²) < 4.78 is 1.86. The van der Waals surface area contributed by atoms with Crippen molar-refractivity contribution >= 4 is 28.1 Å². The summed E-state index contributed by atoms with van der Waals surface area (Å²) in [4.78, 5) is 23.5. The van der Waals surface area contributed by atoms with E-state index in [9.17, 15) is 4.79 Å². The van der Waals surface area contributed by atoms with Gasteiger partial charge in [0.15, 0.2) is 0 Å². The zero-order valence-corrected chi connectivity index (χ0v) is 16.5. The second-order valence-electron chi connectivity index (χ2n) is 7.89. The van der Waals surface area contributed by atoms with Gasteiger partial charge >= 0.3 is 5.69 Å². The van der Waals surface area contributed by atoms with Crippen LogP contribution in [0.1, 0.15) is 31.7 Å². The Hall–Kier alpha value is -2.93. The van der Waals surface area contributed by atoms with Crippen LogP contribution in [-0.4, -0.2) is 40.7 Å². The molecular weight excluding hydrogens is 364 g/mol. The highest BCUT2D eigenvalue weighted by Gasteiger charge is 2.20. The zero-order valence-electron chi connectivity index (χ0n) is 16.5. The molecule has 3 aromatic rings. The Kier molecular flexibility index (Phi) is 4.89. The molecular formula is C22H26N6O. The van der Waals surface area contributed by atoms with Crippen molar-refractivity contribution in [2.24, 2.45) is 0 Å². The van der Waals surface area contributed by atoms with Crippen LogP contribution in [0.15, 0.2) is 47.5 Å². The summed E-state index contributed by atoms with van der Waals surface area (Å²) in [6, 6.07) is 10.7. The van der Waals surface area contributed by atoms with E-state index in [0.717, 1.165) is 61.4 Å². The highest BCUT2D eigenvalue weighted by molar-refractivity contribution is 5.80. The van der Waals surface area contributed by atoms with Crippen LogP contribution >= 0.6 is 0 Å². The van der Waals surface area contributed by atoms with E-state index in [-0.39, 0.29) is 11.7 Å². The second kappa shape index (κ2) is 7.83. The van der Waals surface area contributed by atoms with Gasteiger partial charge in [-0.3, -0.25) is 4.57 Å².